The fourth-order valence-corrected chi connectivity index (χ4v) is 3.66. The maximum Gasteiger partial charge on any atom is 0.256 e. The van der Waals surface area contributed by atoms with Crippen LogP contribution in [-0.4, -0.2) is 57.3 Å². The van der Waals surface area contributed by atoms with Crippen LogP contribution in [-0.2, 0) is 4.74 Å². The van der Waals surface area contributed by atoms with Gasteiger partial charge in [0.15, 0.2) is 0 Å². The molecule has 4 rings (SSSR count). The van der Waals surface area contributed by atoms with E-state index in [1.165, 1.54) is 0 Å². The topological polar surface area (TPSA) is 75.6 Å². The molecule has 0 unspecified atom stereocenters. The Balaban J connectivity index is 1.40. The quantitative estimate of drug-likeness (QED) is 0.894. The van der Waals surface area contributed by atoms with Crippen LogP contribution in [0.3, 0.4) is 0 Å². The lowest BCUT2D eigenvalue weighted by Gasteiger charge is -2.46. The predicted octanol–water partition coefficient (Wildman–Crippen LogP) is 1.50. The fourth-order valence-electron chi connectivity index (χ4n) is 3.66. The molecule has 0 aromatic carbocycles. The Hall–Kier alpha value is -1.53. The van der Waals surface area contributed by atoms with E-state index in [9.17, 15) is 9.90 Å². The number of aliphatic hydroxyl groups excluding tert-OH is 1. The summed E-state index contributed by atoms with van der Waals surface area (Å²) in [5.74, 6) is 1.34. The van der Waals surface area contributed by atoms with Gasteiger partial charge >= 0.3 is 0 Å². The highest BCUT2D eigenvalue weighted by Gasteiger charge is 2.44. The summed E-state index contributed by atoms with van der Waals surface area (Å²) in [5, 5.41) is 10.3. The van der Waals surface area contributed by atoms with Crippen molar-refractivity contribution in [2.75, 3.05) is 19.7 Å². The summed E-state index contributed by atoms with van der Waals surface area (Å²) in [6.45, 7) is 1.93. The zero-order valence-corrected chi connectivity index (χ0v) is 13.3. The van der Waals surface area contributed by atoms with Crippen LogP contribution < -0.4 is 0 Å². The number of aromatic nitrogens is 2. The molecule has 1 atom stereocenters. The highest BCUT2D eigenvalue weighted by atomic mass is 16.5. The van der Waals surface area contributed by atoms with Gasteiger partial charge in [0, 0.05) is 38.0 Å². The molecule has 23 heavy (non-hydrogen) atoms. The van der Waals surface area contributed by atoms with Crippen molar-refractivity contribution in [2.24, 2.45) is 0 Å². The van der Waals surface area contributed by atoms with E-state index >= 15 is 0 Å². The Labute approximate surface area is 135 Å². The first-order valence-corrected chi connectivity index (χ1v) is 8.61. The lowest BCUT2D eigenvalue weighted by atomic mass is 9.82. The van der Waals surface area contributed by atoms with E-state index in [2.05, 4.69) is 9.97 Å². The molecular weight excluding hydrogens is 294 g/mol. The Morgan fingerprint density at radius 1 is 1.22 bits per heavy atom. The number of rotatable bonds is 2. The normalized spacial score (nSPS) is 27.2. The van der Waals surface area contributed by atoms with E-state index in [0.29, 0.717) is 44.0 Å². The minimum Gasteiger partial charge on any atom is -0.390 e. The van der Waals surface area contributed by atoms with Gasteiger partial charge in [0.2, 0.25) is 0 Å². The summed E-state index contributed by atoms with van der Waals surface area (Å²) in [7, 11) is 0. The third kappa shape index (κ3) is 2.85. The molecule has 3 aliphatic rings. The van der Waals surface area contributed by atoms with Gasteiger partial charge < -0.3 is 14.7 Å². The summed E-state index contributed by atoms with van der Waals surface area (Å²) in [6, 6.07) is 0. The second-order valence-electron chi connectivity index (χ2n) is 6.97. The van der Waals surface area contributed by atoms with Crippen molar-refractivity contribution < 1.29 is 14.6 Å². The molecule has 1 spiro atoms. The van der Waals surface area contributed by atoms with Gasteiger partial charge in [0.25, 0.3) is 5.91 Å². The average Bonchev–Trinajstić information content (AvgIpc) is 3.43. The molecule has 3 heterocycles. The predicted molar refractivity (Wildman–Crippen MR) is 83.1 cm³/mol. The number of nitrogens with zero attached hydrogens (tertiary/aromatic N) is 3. The lowest BCUT2D eigenvalue weighted by molar-refractivity contribution is -0.174. The smallest absolute Gasteiger partial charge is 0.256 e. The monoisotopic (exact) mass is 317 g/mol. The number of ether oxygens (including phenoxy) is 1. The van der Waals surface area contributed by atoms with Crippen LogP contribution in [0.4, 0.5) is 0 Å². The molecule has 2 saturated heterocycles. The molecule has 0 bridgehead atoms. The second-order valence-corrected chi connectivity index (χ2v) is 6.97. The molecule has 124 valence electrons. The van der Waals surface area contributed by atoms with Crippen molar-refractivity contribution in [1.82, 2.24) is 14.9 Å². The minimum absolute atomic E-state index is 0.0208. The summed E-state index contributed by atoms with van der Waals surface area (Å²) >= 11 is 0. The minimum atomic E-state index is -0.443. The molecule has 3 fully saturated rings. The van der Waals surface area contributed by atoms with Crippen molar-refractivity contribution >= 4 is 5.91 Å². The van der Waals surface area contributed by atoms with Gasteiger partial charge in [0.1, 0.15) is 5.82 Å². The van der Waals surface area contributed by atoms with Crippen LogP contribution >= 0.6 is 0 Å². The van der Waals surface area contributed by atoms with Gasteiger partial charge in [-0.15, -0.1) is 0 Å². The zero-order valence-electron chi connectivity index (χ0n) is 13.3. The van der Waals surface area contributed by atoms with Gasteiger partial charge in [-0.25, -0.2) is 9.97 Å². The van der Waals surface area contributed by atoms with Crippen molar-refractivity contribution in [3.63, 3.8) is 0 Å². The maximum atomic E-state index is 12.6. The molecule has 6 nitrogen and oxygen atoms in total. The SMILES string of the molecule is O=C(c1cnc(C2CC2)nc1)N1CCC2(CC1)OCCC[C@H]2O. The highest BCUT2D eigenvalue weighted by molar-refractivity contribution is 5.93. The Morgan fingerprint density at radius 3 is 2.52 bits per heavy atom. The van der Waals surface area contributed by atoms with Gasteiger partial charge in [-0.1, -0.05) is 0 Å². The number of amides is 1. The first kappa shape index (κ1) is 15.0. The van der Waals surface area contributed by atoms with Crippen molar-refractivity contribution in [3.05, 3.63) is 23.8 Å². The number of aliphatic hydroxyl groups is 1. The van der Waals surface area contributed by atoms with Gasteiger partial charge in [-0.05, 0) is 38.5 Å². The first-order chi connectivity index (χ1) is 11.2. The van der Waals surface area contributed by atoms with Crippen molar-refractivity contribution in [3.8, 4) is 0 Å². The summed E-state index contributed by atoms with van der Waals surface area (Å²) < 4.78 is 5.89. The molecule has 1 N–H and O–H groups in total. The van der Waals surface area contributed by atoms with Gasteiger partial charge in [-0.3, -0.25) is 4.79 Å². The number of hydrogen-bond donors (Lipinski definition) is 1. The average molecular weight is 317 g/mol. The molecule has 0 radical (unpaired) electrons. The number of likely N-dealkylation sites (tertiary alicyclic amines) is 1. The number of piperidine rings is 1. The van der Waals surface area contributed by atoms with E-state index in [1.807, 2.05) is 4.90 Å². The molecular formula is C17H23N3O3. The van der Waals surface area contributed by atoms with E-state index in [0.717, 1.165) is 31.5 Å². The van der Waals surface area contributed by atoms with Crippen LogP contribution in [0.2, 0.25) is 0 Å². The molecule has 1 amide bonds. The van der Waals surface area contributed by atoms with E-state index in [-0.39, 0.29) is 5.91 Å². The number of hydrogen-bond acceptors (Lipinski definition) is 5. The molecule has 1 aliphatic carbocycles. The first-order valence-electron chi connectivity index (χ1n) is 8.61. The van der Waals surface area contributed by atoms with Crippen molar-refractivity contribution in [2.45, 2.75) is 56.1 Å². The summed E-state index contributed by atoms with van der Waals surface area (Å²) in [6.07, 6.45) is 8.31. The number of carbonyl (C=O) groups excluding carboxylic acids is 1. The standard InChI is InChI=1S/C17H23N3O3/c21-14-2-1-9-23-17(14)5-7-20(8-6-17)16(22)13-10-18-15(19-11-13)12-3-4-12/h10-12,14,21H,1-9H2/t14-/m1/s1. The van der Waals surface area contributed by atoms with Crippen LogP contribution in [0.25, 0.3) is 0 Å². The van der Waals surface area contributed by atoms with E-state index < -0.39 is 11.7 Å². The summed E-state index contributed by atoms with van der Waals surface area (Å²) in [5.41, 5.74) is 0.108. The van der Waals surface area contributed by atoms with E-state index in [4.69, 9.17) is 4.74 Å². The molecule has 2 aliphatic heterocycles. The van der Waals surface area contributed by atoms with Gasteiger partial charge in [0.05, 0.1) is 17.3 Å². The third-order valence-electron chi connectivity index (χ3n) is 5.38. The maximum absolute atomic E-state index is 12.6. The fraction of sp³-hybridized carbons (Fsp3) is 0.706. The Bertz CT molecular complexity index is 577. The zero-order chi connectivity index (χ0) is 15.9. The van der Waals surface area contributed by atoms with Crippen LogP contribution in [0.1, 0.15) is 60.6 Å². The Kier molecular flexibility index (Phi) is 3.81. The molecule has 1 saturated carbocycles. The molecule has 1 aromatic rings. The molecule has 6 heteroatoms. The Morgan fingerprint density at radius 2 is 1.91 bits per heavy atom. The lowest BCUT2D eigenvalue weighted by Crippen LogP contribution is -2.56. The van der Waals surface area contributed by atoms with Gasteiger partial charge in [-0.2, -0.15) is 0 Å². The highest BCUT2D eigenvalue weighted by Crippen LogP contribution is 2.38. The van der Waals surface area contributed by atoms with Crippen LogP contribution in [0, 0.1) is 0 Å². The second kappa shape index (κ2) is 5.83. The van der Waals surface area contributed by atoms with Crippen LogP contribution in [0.5, 0.6) is 0 Å². The van der Waals surface area contributed by atoms with Crippen LogP contribution in [0.15, 0.2) is 12.4 Å². The number of carbonyl (C=O) groups is 1. The summed E-state index contributed by atoms with van der Waals surface area (Å²) in [4.78, 5) is 23.1. The largest absolute Gasteiger partial charge is 0.390 e. The third-order valence-corrected chi connectivity index (χ3v) is 5.38. The molecule has 1 aromatic heterocycles. The van der Waals surface area contributed by atoms with E-state index in [1.54, 1.807) is 12.4 Å². The van der Waals surface area contributed by atoms with Crippen molar-refractivity contribution in [1.29, 1.82) is 0 Å².